The maximum Gasteiger partial charge on any atom is 0.293 e. The van der Waals surface area contributed by atoms with Gasteiger partial charge < -0.3 is 29.4 Å². The largest absolute Gasteiger partial charge is 0.490 e. The Hall–Kier alpha value is -1.21. The lowest BCUT2D eigenvalue weighted by molar-refractivity contribution is -0.384. The second kappa shape index (κ2) is 13.1. The molecule has 9 nitrogen and oxygen atoms in total. The van der Waals surface area contributed by atoms with Crippen molar-refractivity contribution in [1.82, 2.24) is 0 Å². The summed E-state index contributed by atoms with van der Waals surface area (Å²) in [5.41, 5.74) is 5.58. The smallest absolute Gasteiger partial charge is 0.293 e. The highest BCUT2D eigenvalue weighted by atomic mass is 127. The molecule has 10 heteroatoms. The van der Waals surface area contributed by atoms with Gasteiger partial charge in [0.25, 0.3) is 5.69 Å². The second-order valence-electron chi connectivity index (χ2n) is 4.78. The summed E-state index contributed by atoms with van der Waals surface area (Å²) in [6, 6.07) is 2.83. The van der Waals surface area contributed by atoms with E-state index in [1.54, 1.807) is 7.11 Å². The number of nitro groups is 1. The van der Waals surface area contributed by atoms with E-state index in [2.05, 4.69) is 0 Å². The zero-order valence-electron chi connectivity index (χ0n) is 14.1. The molecule has 0 bridgehead atoms. The van der Waals surface area contributed by atoms with Crippen molar-refractivity contribution in [3.63, 3.8) is 0 Å². The average Bonchev–Trinajstić information content (AvgIpc) is 2.58. The van der Waals surface area contributed by atoms with Crippen LogP contribution in [-0.4, -0.2) is 64.9 Å². The number of nitrogens with zero attached hydrogens (tertiary/aromatic N) is 1. The van der Waals surface area contributed by atoms with Gasteiger partial charge >= 0.3 is 0 Å². The van der Waals surface area contributed by atoms with Crippen molar-refractivity contribution >= 4 is 34.0 Å². The summed E-state index contributed by atoms with van der Waals surface area (Å²) in [6.07, 6.45) is 0. The fourth-order valence-electron chi connectivity index (χ4n) is 1.72. The molecule has 1 rings (SSSR count). The normalized spacial score (nSPS) is 10.8. The molecule has 0 fully saturated rings. The molecule has 0 amide bonds. The Labute approximate surface area is 160 Å². The Bertz CT molecular complexity index is 531. The molecule has 0 heterocycles. The van der Waals surface area contributed by atoms with Crippen molar-refractivity contribution in [2.24, 2.45) is 0 Å². The highest BCUT2D eigenvalue weighted by Crippen LogP contribution is 2.31. The number of halogens is 1. The van der Waals surface area contributed by atoms with Crippen LogP contribution in [0.2, 0.25) is 0 Å². The lowest BCUT2D eigenvalue weighted by atomic mass is 10.2. The van der Waals surface area contributed by atoms with Gasteiger partial charge in [0.2, 0.25) is 0 Å². The third kappa shape index (κ3) is 9.16. The third-order valence-corrected chi connectivity index (χ3v) is 3.78. The van der Waals surface area contributed by atoms with E-state index in [1.165, 1.54) is 12.1 Å². The molecule has 0 atom stereocenters. The third-order valence-electron chi connectivity index (χ3n) is 2.94. The summed E-state index contributed by atoms with van der Waals surface area (Å²) in [4.78, 5) is 10.3. The number of ether oxygens (including phenoxy) is 5. The van der Waals surface area contributed by atoms with Crippen LogP contribution in [-0.2, 0) is 18.9 Å². The van der Waals surface area contributed by atoms with Crippen LogP contribution in [0.25, 0.3) is 0 Å². The molecule has 0 spiro atoms. The minimum atomic E-state index is -0.521. The van der Waals surface area contributed by atoms with Gasteiger partial charge in [0, 0.05) is 19.2 Å². The van der Waals surface area contributed by atoms with E-state index < -0.39 is 4.92 Å². The second-order valence-corrected chi connectivity index (χ2v) is 5.94. The summed E-state index contributed by atoms with van der Waals surface area (Å²) in [5.74, 6) is 0.497. The van der Waals surface area contributed by atoms with E-state index in [-0.39, 0.29) is 11.4 Å². The Morgan fingerprint density at radius 3 is 2.04 bits per heavy atom. The lowest BCUT2D eigenvalue weighted by Gasteiger charge is -2.10. The van der Waals surface area contributed by atoms with Crippen LogP contribution in [0.5, 0.6) is 5.75 Å². The Morgan fingerprint density at radius 2 is 1.52 bits per heavy atom. The van der Waals surface area contributed by atoms with Crippen molar-refractivity contribution in [2.75, 3.05) is 65.7 Å². The van der Waals surface area contributed by atoms with Crippen molar-refractivity contribution in [1.29, 1.82) is 0 Å². The van der Waals surface area contributed by atoms with Gasteiger partial charge in [-0.3, -0.25) is 10.1 Å². The minimum Gasteiger partial charge on any atom is -0.490 e. The predicted molar refractivity (Wildman–Crippen MR) is 100 cm³/mol. The maximum absolute atomic E-state index is 10.8. The quantitative estimate of drug-likeness (QED) is 0.144. The number of benzene rings is 1. The van der Waals surface area contributed by atoms with Crippen LogP contribution in [0.15, 0.2) is 12.1 Å². The molecule has 142 valence electrons. The molecule has 0 aliphatic heterocycles. The monoisotopic (exact) mass is 470 g/mol. The van der Waals surface area contributed by atoms with Gasteiger partial charge in [0.05, 0.1) is 54.7 Å². The molecule has 1 aromatic carbocycles. The molecule has 0 saturated heterocycles. The average molecular weight is 470 g/mol. The molecule has 25 heavy (non-hydrogen) atoms. The molecule has 1 aromatic rings. The van der Waals surface area contributed by atoms with E-state index >= 15 is 0 Å². The van der Waals surface area contributed by atoms with Crippen LogP contribution in [0, 0.1) is 13.7 Å². The van der Waals surface area contributed by atoms with Crippen molar-refractivity contribution in [2.45, 2.75) is 0 Å². The molecule has 0 unspecified atom stereocenters. The highest BCUT2D eigenvalue weighted by molar-refractivity contribution is 14.1. The van der Waals surface area contributed by atoms with Gasteiger partial charge in [-0.2, -0.15) is 0 Å². The fourth-order valence-corrected chi connectivity index (χ4v) is 2.33. The molecule has 0 aliphatic carbocycles. The van der Waals surface area contributed by atoms with Crippen molar-refractivity contribution in [3.05, 3.63) is 25.8 Å². The number of nitro benzene ring substituents is 1. The van der Waals surface area contributed by atoms with Crippen molar-refractivity contribution in [3.8, 4) is 5.75 Å². The first-order valence-corrected chi connectivity index (χ1v) is 8.72. The number of hydrogen-bond acceptors (Lipinski definition) is 8. The zero-order chi connectivity index (χ0) is 18.5. The van der Waals surface area contributed by atoms with Gasteiger partial charge in [0.1, 0.15) is 18.0 Å². The molecular formula is C15H23IN2O7. The van der Waals surface area contributed by atoms with E-state index in [9.17, 15) is 10.1 Å². The van der Waals surface area contributed by atoms with E-state index in [1.807, 2.05) is 22.6 Å². The van der Waals surface area contributed by atoms with E-state index in [4.69, 9.17) is 29.4 Å². The lowest BCUT2D eigenvalue weighted by Crippen LogP contribution is -2.13. The van der Waals surface area contributed by atoms with Gasteiger partial charge in [-0.25, -0.2) is 0 Å². The number of rotatable bonds is 14. The Balaban J connectivity index is 2.08. The Kier molecular flexibility index (Phi) is 11.4. The number of anilines is 1. The molecule has 0 aliphatic rings. The maximum atomic E-state index is 10.8. The van der Waals surface area contributed by atoms with Crippen LogP contribution < -0.4 is 10.5 Å². The summed E-state index contributed by atoms with van der Waals surface area (Å²) in [5, 5.41) is 10.8. The number of nitrogens with two attached hydrogens (primary N) is 1. The SMILES string of the molecule is COCCOCCOCCOCCOc1cc(N)c([N+](=O)[O-])cc1I. The molecule has 0 radical (unpaired) electrons. The first-order valence-electron chi connectivity index (χ1n) is 7.64. The minimum absolute atomic E-state index is 0.0717. The summed E-state index contributed by atoms with van der Waals surface area (Å²) in [7, 11) is 1.62. The highest BCUT2D eigenvalue weighted by Gasteiger charge is 2.15. The van der Waals surface area contributed by atoms with Crippen molar-refractivity contribution < 1.29 is 28.6 Å². The number of methoxy groups -OCH3 is 1. The summed E-state index contributed by atoms with van der Waals surface area (Å²) < 4.78 is 27.0. The molecular weight excluding hydrogens is 447 g/mol. The zero-order valence-corrected chi connectivity index (χ0v) is 16.2. The van der Waals surface area contributed by atoms with Gasteiger partial charge in [-0.15, -0.1) is 0 Å². The number of nitrogen functional groups attached to an aromatic ring is 1. The molecule has 0 saturated carbocycles. The van der Waals surface area contributed by atoms with Crippen LogP contribution in [0.3, 0.4) is 0 Å². The van der Waals surface area contributed by atoms with Crippen LogP contribution >= 0.6 is 22.6 Å². The fraction of sp³-hybridized carbons (Fsp3) is 0.600. The first-order chi connectivity index (χ1) is 12.1. The topological polar surface area (TPSA) is 115 Å². The van der Waals surface area contributed by atoms with Gasteiger partial charge in [0.15, 0.2) is 0 Å². The predicted octanol–water partition coefficient (Wildman–Crippen LogP) is 1.86. The van der Waals surface area contributed by atoms with Crippen LogP contribution in [0.4, 0.5) is 11.4 Å². The molecule has 0 aromatic heterocycles. The number of hydrogen-bond donors (Lipinski definition) is 1. The standard InChI is InChI=1S/C15H23IN2O7/c1-21-2-3-22-4-5-23-6-7-24-8-9-25-15-11-13(17)14(18(19)20)10-12(15)16/h10-11H,2-9,17H2,1H3. The Morgan fingerprint density at radius 1 is 1.00 bits per heavy atom. The van der Waals surface area contributed by atoms with E-state index in [0.717, 1.165) is 0 Å². The van der Waals surface area contributed by atoms with E-state index in [0.29, 0.717) is 62.2 Å². The van der Waals surface area contributed by atoms with Gasteiger partial charge in [-0.05, 0) is 22.6 Å². The van der Waals surface area contributed by atoms with Crippen LogP contribution in [0.1, 0.15) is 0 Å². The summed E-state index contributed by atoms with van der Waals surface area (Å²) in [6.45, 7) is 3.75. The summed E-state index contributed by atoms with van der Waals surface area (Å²) >= 11 is 1.97. The van der Waals surface area contributed by atoms with Gasteiger partial charge in [-0.1, -0.05) is 0 Å². The molecule has 2 N–H and O–H groups in total. The first kappa shape index (κ1) is 21.8.